The Morgan fingerprint density at radius 3 is 1.75 bits per heavy atom. The molecule has 0 N–H and O–H groups in total. The first-order chi connectivity index (χ1) is 5.74. The molecule has 0 rings (SSSR count). The normalized spacial score (nSPS) is 12.0. The van der Waals surface area contributed by atoms with E-state index < -0.39 is 17.0 Å². The van der Waals surface area contributed by atoms with Crippen LogP contribution in [0.2, 0.25) is 13.3 Å². The summed E-state index contributed by atoms with van der Waals surface area (Å²) < 4.78 is 4.61. The summed E-state index contributed by atoms with van der Waals surface area (Å²) in [6.07, 6.45) is 2.80. The maximum absolute atomic E-state index is 2.42. The van der Waals surface area contributed by atoms with Gasteiger partial charge in [0, 0.05) is 0 Å². The van der Waals surface area contributed by atoms with Gasteiger partial charge in [-0.1, -0.05) is 0 Å². The first-order valence-electron chi connectivity index (χ1n) is 5.38. The van der Waals surface area contributed by atoms with Crippen molar-refractivity contribution in [3.63, 3.8) is 0 Å². The van der Waals surface area contributed by atoms with Gasteiger partial charge in [0.15, 0.2) is 0 Å². The molecule has 0 spiro atoms. The van der Waals surface area contributed by atoms with Crippen molar-refractivity contribution in [1.29, 1.82) is 0 Å². The summed E-state index contributed by atoms with van der Waals surface area (Å²) in [6.45, 7) is 9.55. The van der Waals surface area contributed by atoms with Crippen LogP contribution in [0.5, 0.6) is 0 Å². The van der Waals surface area contributed by atoms with Gasteiger partial charge in [-0.05, 0) is 0 Å². The van der Waals surface area contributed by atoms with Crippen LogP contribution in [0.15, 0.2) is 0 Å². The summed E-state index contributed by atoms with van der Waals surface area (Å²) in [4.78, 5) is 0. The molecule has 0 aliphatic rings. The number of hydrogen-bond donors (Lipinski definition) is 0. The van der Waals surface area contributed by atoms with Crippen LogP contribution in [0.3, 0.4) is 0 Å². The van der Waals surface area contributed by atoms with Crippen LogP contribution in [-0.2, 0) is 0 Å². The SMILES string of the molecule is CCCC[S][Sn]([CH2]C)([CH2]C)[CH2]C. The molecule has 0 nitrogen and oxygen atoms in total. The van der Waals surface area contributed by atoms with Crippen molar-refractivity contribution in [3.05, 3.63) is 0 Å². The van der Waals surface area contributed by atoms with Crippen molar-refractivity contribution < 1.29 is 0 Å². The van der Waals surface area contributed by atoms with E-state index in [0.29, 0.717) is 0 Å². The third-order valence-corrected chi connectivity index (χ3v) is 27.8. The quantitative estimate of drug-likeness (QED) is 0.491. The van der Waals surface area contributed by atoms with Gasteiger partial charge < -0.3 is 0 Å². The van der Waals surface area contributed by atoms with Crippen molar-refractivity contribution in [1.82, 2.24) is 0 Å². The average molecular weight is 295 g/mol. The van der Waals surface area contributed by atoms with Gasteiger partial charge in [-0.2, -0.15) is 0 Å². The van der Waals surface area contributed by atoms with E-state index in [4.69, 9.17) is 0 Å². The van der Waals surface area contributed by atoms with Crippen molar-refractivity contribution in [3.8, 4) is 0 Å². The zero-order valence-corrected chi connectivity index (χ0v) is 12.8. The van der Waals surface area contributed by atoms with E-state index in [2.05, 4.69) is 36.6 Å². The van der Waals surface area contributed by atoms with E-state index in [1.807, 2.05) is 0 Å². The zero-order valence-electron chi connectivity index (χ0n) is 9.15. The Labute approximate surface area is 85.2 Å². The van der Waals surface area contributed by atoms with Crippen molar-refractivity contribution in [2.24, 2.45) is 0 Å². The fourth-order valence-corrected chi connectivity index (χ4v) is 17.4. The molecule has 0 unspecified atom stereocenters. The molecule has 0 saturated heterocycles. The summed E-state index contributed by atoms with van der Waals surface area (Å²) in [6, 6.07) is 0. The molecule has 0 amide bonds. The average Bonchev–Trinajstić information content (AvgIpc) is 2.14. The van der Waals surface area contributed by atoms with Gasteiger partial charge in [-0.25, -0.2) is 0 Å². The van der Waals surface area contributed by atoms with Crippen LogP contribution in [0.25, 0.3) is 0 Å². The summed E-state index contributed by atoms with van der Waals surface area (Å²) in [7, 11) is 2.40. The third-order valence-electron chi connectivity index (χ3n) is 2.84. The van der Waals surface area contributed by atoms with Gasteiger partial charge in [0.05, 0.1) is 0 Å². The topological polar surface area (TPSA) is 0 Å². The molecule has 12 heavy (non-hydrogen) atoms. The Balaban J connectivity index is 3.76. The Bertz CT molecular complexity index is 91.7. The van der Waals surface area contributed by atoms with Crippen molar-refractivity contribution in [2.45, 2.75) is 53.8 Å². The third kappa shape index (κ3) is 4.40. The molecule has 0 aromatic rings. The molecular weight excluding hydrogens is 271 g/mol. The summed E-state index contributed by atoms with van der Waals surface area (Å²) >= 11 is -1.57. The predicted molar refractivity (Wildman–Crippen MR) is 64.6 cm³/mol. The van der Waals surface area contributed by atoms with E-state index in [9.17, 15) is 0 Å². The minimum atomic E-state index is -1.57. The Hall–Kier alpha value is 1.15. The van der Waals surface area contributed by atoms with E-state index in [1.165, 1.54) is 31.9 Å². The number of rotatable bonds is 7. The van der Waals surface area contributed by atoms with Gasteiger partial charge in [0.1, 0.15) is 0 Å². The second-order valence-electron chi connectivity index (χ2n) is 3.45. The van der Waals surface area contributed by atoms with E-state index in [-0.39, 0.29) is 0 Å². The molecule has 74 valence electrons. The molecule has 0 bridgehead atoms. The molecule has 0 fully saturated rings. The van der Waals surface area contributed by atoms with Crippen LogP contribution in [-0.4, -0.2) is 22.7 Å². The van der Waals surface area contributed by atoms with Gasteiger partial charge in [0.25, 0.3) is 0 Å². The molecule has 0 saturated carbocycles. The predicted octanol–water partition coefficient (Wildman–Crippen LogP) is 4.52. The van der Waals surface area contributed by atoms with Gasteiger partial charge >= 0.3 is 85.5 Å². The molecule has 0 atom stereocenters. The van der Waals surface area contributed by atoms with Crippen molar-refractivity contribution in [2.75, 3.05) is 5.75 Å². The second-order valence-corrected chi connectivity index (χ2v) is 25.2. The van der Waals surface area contributed by atoms with Gasteiger partial charge in [-0.3, -0.25) is 0 Å². The first-order valence-corrected chi connectivity index (χ1v) is 15.9. The maximum atomic E-state index is 2.42. The van der Waals surface area contributed by atoms with Crippen LogP contribution in [0, 0.1) is 0 Å². The molecule has 0 aromatic carbocycles. The van der Waals surface area contributed by atoms with E-state index in [0.717, 1.165) is 0 Å². The minimum absolute atomic E-state index is 1.37. The molecule has 2 heteroatoms. The molecular formula is C10H24SSn. The molecule has 0 radical (unpaired) electrons. The Kier molecular flexibility index (Phi) is 8.27. The number of unbranched alkanes of at least 4 members (excludes halogenated alkanes) is 1. The second kappa shape index (κ2) is 7.54. The fraction of sp³-hybridized carbons (Fsp3) is 1.00. The van der Waals surface area contributed by atoms with Crippen LogP contribution in [0.4, 0.5) is 0 Å². The molecule has 0 aliphatic heterocycles. The molecule has 0 aliphatic carbocycles. The standard InChI is InChI=1S/C4H10S.3C2H5.Sn/c1-2-3-4-5;3*1-2;/h5H,2-4H2,1H3;3*1H2,2H3;/q;;;;+1/p-1. The number of hydrogen-bond acceptors (Lipinski definition) is 1. The van der Waals surface area contributed by atoms with Crippen molar-refractivity contribution >= 4 is 25.9 Å². The molecule has 0 aromatic heterocycles. The Morgan fingerprint density at radius 2 is 1.42 bits per heavy atom. The summed E-state index contributed by atoms with van der Waals surface area (Å²) in [5.41, 5.74) is 0. The first kappa shape index (κ1) is 13.1. The fourth-order valence-electron chi connectivity index (χ4n) is 1.49. The zero-order chi connectivity index (χ0) is 9.45. The van der Waals surface area contributed by atoms with Crippen LogP contribution < -0.4 is 0 Å². The summed E-state index contributed by atoms with van der Waals surface area (Å²) in [5.74, 6) is 1.45. The molecule has 0 heterocycles. The van der Waals surface area contributed by atoms with Crippen LogP contribution in [0.1, 0.15) is 40.5 Å². The van der Waals surface area contributed by atoms with E-state index >= 15 is 0 Å². The summed E-state index contributed by atoms with van der Waals surface area (Å²) in [5, 5.41) is 0. The van der Waals surface area contributed by atoms with Gasteiger partial charge in [-0.15, -0.1) is 0 Å². The van der Waals surface area contributed by atoms with Gasteiger partial charge in [0.2, 0.25) is 0 Å². The monoisotopic (exact) mass is 296 g/mol. The Morgan fingerprint density at radius 1 is 0.917 bits per heavy atom. The van der Waals surface area contributed by atoms with Crippen LogP contribution >= 0.6 is 8.95 Å². The van der Waals surface area contributed by atoms with E-state index in [1.54, 1.807) is 0 Å².